The Morgan fingerprint density at radius 3 is 2.74 bits per heavy atom. The van der Waals surface area contributed by atoms with Crippen molar-refractivity contribution in [2.24, 2.45) is 0 Å². The lowest BCUT2D eigenvalue weighted by Crippen LogP contribution is -2.38. The normalized spacial score (nSPS) is 14.2. The van der Waals surface area contributed by atoms with Crippen LogP contribution in [0.2, 0.25) is 0 Å². The summed E-state index contributed by atoms with van der Waals surface area (Å²) >= 11 is 1.42. The van der Waals surface area contributed by atoms with Crippen LogP contribution in [0.25, 0.3) is 43.3 Å². The van der Waals surface area contributed by atoms with E-state index in [1.165, 1.54) is 35.7 Å². The van der Waals surface area contributed by atoms with Crippen molar-refractivity contribution in [2.45, 2.75) is 19.4 Å². The molecule has 6 aromatic rings. The minimum Gasteiger partial charge on any atom is -0.485 e. The zero-order valence-electron chi connectivity index (χ0n) is 22.4. The molecule has 210 valence electrons. The predicted molar refractivity (Wildman–Crippen MR) is 155 cm³/mol. The Balaban J connectivity index is 1.20. The zero-order chi connectivity index (χ0) is 29.0. The Hall–Kier alpha value is -5.10. The summed E-state index contributed by atoms with van der Waals surface area (Å²) in [5, 5.41) is 10.7. The van der Waals surface area contributed by atoms with Crippen LogP contribution in [-0.4, -0.2) is 50.9 Å². The van der Waals surface area contributed by atoms with Crippen molar-refractivity contribution in [1.29, 1.82) is 0 Å². The molecule has 0 bridgehead atoms. The van der Waals surface area contributed by atoms with Crippen molar-refractivity contribution in [2.75, 3.05) is 18.6 Å². The molecule has 4 heterocycles. The number of methoxy groups -OCH3 is 1. The van der Waals surface area contributed by atoms with Crippen molar-refractivity contribution < 1.29 is 28.2 Å². The molecule has 3 aromatic heterocycles. The maximum Gasteiger partial charge on any atom is 0.411 e. The molecule has 1 aliphatic rings. The van der Waals surface area contributed by atoms with Gasteiger partial charge in [-0.25, -0.2) is 29.1 Å². The van der Waals surface area contributed by atoms with E-state index in [2.05, 4.69) is 15.0 Å². The fourth-order valence-electron chi connectivity index (χ4n) is 5.20. The maximum atomic E-state index is 15.3. The Kier molecular flexibility index (Phi) is 6.19. The third-order valence-electron chi connectivity index (χ3n) is 7.08. The second-order valence-corrected chi connectivity index (χ2v) is 10.8. The molecular weight excluding hydrogens is 561 g/mol. The summed E-state index contributed by atoms with van der Waals surface area (Å²) in [6.45, 7) is 1.97. The van der Waals surface area contributed by atoms with E-state index >= 15 is 4.39 Å². The highest BCUT2D eigenvalue weighted by Gasteiger charge is 2.33. The number of anilines is 1. The first kappa shape index (κ1) is 25.8. The number of benzene rings is 3. The lowest BCUT2D eigenvalue weighted by Gasteiger charge is -2.23. The molecule has 42 heavy (non-hydrogen) atoms. The molecule has 1 aliphatic heterocycles. The molecule has 12 heteroatoms. The number of carboxylic acid groups (broad SMARTS) is 1. The molecule has 7 rings (SSSR count). The molecule has 0 aliphatic carbocycles. The van der Waals surface area contributed by atoms with Crippen molar-refractivity contribution in [3.63, 3.8) is 0 Å². The first-order valence-electron chi connectivity index (χ1n) is 13.0. The molecule has 0 unspecified atom stereocenters. The number of oxazole rings is 1. The number of hydrogen-bond donors (Lipinski definition) is 1. The Bertz CT molecular complexity index is 1980. The van der Waals surface area contributed by atoms with E-state index in [1.807, 2.05) is 19.1 Å². The number of amides is 1. The Morgan fingerprint density at radius 1 is 1.17 bits per heavy atom. The van der Waals surface area contributed by atoms with Gasteiger partial charge in [-0.3, -0.25) is 4.90 Å². The Morgan fingerprint density at radius 2 is 2.00 bits per heavy atom. The van der Waals surface area contributed by atoms with Crippen molar-refractivity contribution >= 4 is 44.4 Å². The molecular formula is C30H22FN5O5S. The number of fused-ring (bicyclic) bond motifs is 4. The van der Waals surface area contributed by atoms with Gasteiger partial charge in [-0.2, -0.15) is 0 Å². The van der Waals surface area contributed by atoms with E-state index in [0.29, 0.717) is 51.0 Å². The minimum atomic E-state index is -1.15. The first-order valence-corrected chi connectivity index (χ1v) is 13.8. The number of thiazole rings is 1. The number of rotatable bonds is 6. The van der Waals surface area contributed by atoms with E-state index < -0.39 is 18.0 Å². The minimum absolute atomic E-state index is 0.00883. The number of carbonyl (C=O) groups is 1. The topological polar surface area (TPSA) is 124 Å². The average molecular weight is 584 g/mol. The van der Waals surface area contributed by atoms with Crippen LogP contribution in [0, 0.1) is 12.7 Å². The third-order valence-corrected chi connectivity index (χ3v) is 8.25. The fraction of sp³-hybridized carbons (Fsp3) is 0.167. The average Bonchev–Trinajstić information content (AvgIpc) is 3.75. The Labute approximate surface area is 242 Å². The predicted octanol–water partition coefficient (Wildman–Crippen LogP) is 6.51. The van der Waals surface area contributed by atoms with Crippen molar-refractivity contribution in [3.05, 3.63) is 78.1 Å². The van der Waals surface area contributed by atoms with Gasteiger partial charge in [0.15, 0.2) is 11.6 Å². The van der Waals surface area contributed by atoms with Gasteiger partial charge >= 0.3 is 6.09 Å². The largest absolute Gasteiger partial charge is 0.485 e. The SMILES string of the molecule is COc1cnc2c(-c3nc4cc(F)c5c(c4s3)C[C@H](CN(C(=O)O)c3ccc(-c4ncco4)cc3)O5)cc(C)cc2n1. The van der Waals surface area contributed by atoms with Crippen LogP contribution in [0.15, 0.2) is 65.5 Å². The molecule has 0 saturated carbocycles. The van der Waals surface area contributed by atoms with Gasteiger partial charge in [0.2, 0.25) is 11.8 Å². The van der Waals surface area contributed by atoms with E-state index in [4.69, 9.17) is 18.9 Å². The highest BCUT2D eigenvalue weighted by molar-refractivity contribution is 7.22. The second-order valence-electron chi connectivity index (χ2n) is 9.85. The van der Waals surface area contributed by atoms with Crippen LogP contribution < -0.4 is 14.4 Å². The monoisotopic (exact) mass is 583 g/mol. The van der Waals surface area contributed by atoms with Gasteiger partial charge in [0.25, 0.3) is 0 Å². The van der Waals surface area contributed by atoms with Gasteiger partial charge in [-0.05, 0) is 48.9 Å². The molecule has 1 N–H and O–H groups in total. The zero-order valence-corrected chi connectivity index (χ0v) is 23.2. The van der Waals surface area contributed by atoms with E-state index in [1.54, 1.807) is 36.7 Å². The number of halogens is 1. The molecule has 3 aromatic carbocycles. The number of hydrogen-bond acceptors (Lipinski definition) is 9. The van der Waals surface area contributed by atoms with E-state index in [9.17, 15) is 9.90 Å². The molecule has 0 radical (unpaired) electrons. The summed E-state index contributed by atoms with van der Waals surface area (Å²) in [7, 11) is 1.54. The summed E-state index contributed by atoms with van der Waals surface area (Å²) in [4.78, 5) is 31.3. The van der Waals surface area contributed by atoms with Gasteiger partial charge in [-0.1, -0.05) is 0 Å². The summed E-state index contributed by atoms with van der Waals surface area (Å²) in [6, 6.07) is 12.1. The summed E-state index contributed by atoms with van der Waals surface area (Å²) in [5.74, 6) is 0.442. The van der Waals surface area contributed by atoms with Gasteiger partial charge in [0, 0.05) is 34.9 Å². The first-order chi connectivity index (χ1) is 20.4. The van der Waals surface area contributed by atoms with Crippen LogP contribution in [0.3, 0.4) is 0 Å². The molecule has 0 saturated heterocycles. The van der Waals surface area contributed by atoms with Gasteiger partial charge in [0.05, 0.1) is 47.3 Å². The van der Waals surface area contributed by atoms with Crippen LogP contribution in [0.1, 0.15) is 11.1 Å². The summed E-state index contributed by atoms with van der Waals surface area (Å²) in [6.07, 6.45) is 3.16. The maximum absolute atomic E-state index is 15.3. The number of aromatic nitrogens is 4. The second kappa shape index (κ2) is 10.1. The standard InChI is InChI=1S/C30H22FN5O5S/c1-15-9-19(25-22(10-15)34-24(39-2)13-33-25)29-35-23-12-21(31)26-20(27(23)42-29)11-18(41-26)14-36(30(37)38)17-5-3-16(4-6-17)28-32-7-8-40-28/h3-10,12-13,18H,11,14H2,1-2H3,(H,37,38)/t18-/m1/s1. The van der Waals surface area contributed by atoms with E-state index in [-0.39, 0.29) is 12.3 Å². The number of aryl methyl sites for hydroxylation is 1. The van der Waals surface area contributed by atoms with Crippen molar-refractivity contribution in [3.8, 4) is 33.7 Å². The molecule has 1 amide bonds. The lowest BCUT2D eigenvalue weighted by atomic mass is 10.1. The van der Waals surface area contributed by atoms with Gasteiger partial charge in [0.1, 0.15) is 17.4 Å². The smallest absolute Gasteiger partial charge is 0.411 e. The molecule has 1 atom stereocenters. The van der Waals surface area contributed by atoms with Crippen LogP contribution in [0.5, 0.6) is 11.6 Å². The van der Waals surface area contributed by atoms with E-state index in [0.717, 1.165) is 21.4 Å². The highest BCUT2D eigenvalue weighted by atomic mass is 32.1. The third kappa shape index (κ3) is 4.45. The van der Waals surface area contributed by atoms with Gasteiger partial charge < -0.3 is 19.0 Å². The molecule has 0 fully saturated rings. The van der Waals surface area contributed by atoms with Crippen LogP contribution in [0.4, 0.5) is 14.9 Å². The highest BCUT2D eigenvalue weighted by Crippen LogP contribution is 2.43. The quantitative estimate of drug-likeness (QED) is 0.234. The number of ether oxygens (including phenoxy) is 2. The summed E-state index contributed by atoms with van der Waals surface area (Å²) < 4.78 is 32.6. The fourth-order valence-corrected chi connectivity index (χ4v) is 6.31. The molecule has 10 nitrogen and oxygen atoms in total. The van der Waals surface area contributed by atoms with Crippen LogP contribution in [-0.2, 0) is 6.42 Å². The van der Waals surface area contributed by atoms with Crippen molar-refractivity contribution in [1.82, 2.24) is 19.9 Å². The van der Waals surface area contributed by atoms with Crippen LogP contribution >= 0.6 is 11.3 Å². The molecule has 0 spiro atoms. The lowest BCUT2D eigenvalue weighted by molar-refractivity contribution is 0.190. The summed E-state index contributed by atoms with van der Waals surface area (Å²) in [5.41, 5.74) is 5.44. The van der Waals surface area contributed by atoms with Gasteiger partial charge in [-0.15, -0.1) is 11.3 Å². The number of nitrogens with zero attached hydrogens (tertiary/aromatic N) is 5.